The maximum Gasteiger partial charge on any atom is 0.277 e. The average molecular weight is 454 g/mol. The van der Waals surface area contributed by atoms with Crippen LogP contribution in [0.15, 0.2) is 33.8 Å². The van der Waals surface area contributed by atoms with Gasteiger partial charge in [0.1, 0.15) is 35.0 Å². The normalized spacial score (nSPS) is 19.7. The van der Waals surface area contributed by atoms with E-state index in [4.69, 9.17) is 14.0 Å². The van der Waals surface area contributed by atoms with Gasteiger partial charge in [-0.1, -0.05) is 11.2 Å². The summed E-state index contributed by atoms with van der Waals surface area (Å²) in [4.78, 5) is 24.7. The second-order valence-corrected chi connectivity index (χ2v) is 8.29. The number of hydrogen-bond acceptors (Lipinski definition) is 8. The summed E-state index contributed by atoms with van der Waals surface area (Å²) in [5, 5.41) is 4.05. The lowest BCUT2D eigenvalue weighted by Crippen LogP contribution is -2.39. The molecule has 1 aromatic carbocycles. The number of fused-ring (bicyclic) bond motifs is 3. The van der Waals surface area contributed by atoms with Crippen LogP contribution < -0.4 is 5.56 Å². The summed E-state index contributed by atoms with van der Waals surface area (Å²) in [6.45, 7) is 4.47. The summed E-state index contributed by atoms with van der Waals surface area (Å²) in [5.74, 6) is 0.141. The second kappa shape index (κ2) is 8.32. The first-order chi connectivity index (χ1) is 16.2. The number of morpholine rings is 1. The number of imidazole rings is 1. The van der Waals surface area contributed by atoms with E-state index in [1.54, 1.807) is 16.5 Å². The van der Waals surface area contributed by atoms with E-state index in [1.165, 1.54) is 17.0 Å². The summed E-state index contributed by atoms with van der Waals surface area (Å²) in [6.07, 6.45) is 3.01. The first kappa shape index (κ1) is 20.5. The molecule has 0 bridgehead atoms. The number of aromatic nitrogens is 5. The van der Waals surface area contributed by atoms with E-state index in [1.807, 2.05) is 0 Å². The highest BCUT2D eigenvalue weighted by Gasteiger charge is 2.27. The molecule has 0 N–H and O–H groups in total. The van der Waals surface area contributed by atoms with Gasteiger partial charge in [0.25, 0.3) is 11.4 Å². The van der Waals surface area contributed by atoms with Crippen LogP contribution >= 0.6 is 0 Å². The van der Waals surface area contributed by atoms with E-state index < -0.39 is 5.82 Å². The topological polar surface area (TPSA) is 99.9 Å². The molecule has 0 radical (unpaired) electrons. The van der Waals surface area contributed by atoms with Crippen molar-refractivity contribution < 1.29 is 18.4 Å². The van der Waals surface area contributed by atoms with Crippen molar-refractivity contribution in [2.75, 3.05) is 39.5 Å². The van der Waals surface area contributed by atoms with Gasteiger partial charge < -0.3 is 18.6 Å². The van der Waals surface area contributed by atoms with E-state index in [9.17, 15) is 9.18 Å². The third-order valence-electron chi connectivity index (χ3n) is 6.31. The molecule has 0 aliphatic carbocycles. The molecule has 2 fully saturated rings. The fourth-order valence-electron chi connectivity index (χ4n) is 4.61. The predicted molar refractivity (Wildman–Crippen MR) is 115 cm³/mol. The number of ether oxygens (including phenoxy) is 2. The van der Waals surface area contributed by atoms with Gasteiger partial charge in [0, 0.05) is 32.8 Å². The molecule has 10 nitrogen and oxygen atoms in total. The molecule has 33 heavy (non-hydrogen) atoms. The van der Waals surface area contributed by atoms with Crippen LogP contribution in [0.4, 0.5) is 4.39 Å². The lowest BCUT2D eigenvalue weighted by atomic mass is 10.2. The molecule has 0 spiro atoms. The Bertz CT molecular complexity index is 1370. The van der Waals surface area contributed by atoms with Gasteiger partial charge in [-0.2, -0.15) is 4.98 Å². The first-order valence-electron chi connectivity index (χ1n) is 11.1. The summed E-state index contributed by atoms with van der Waals surface area (Å²) >= 11 is 0. The minimum absolute atomic E-state index is 0.218. The maximum atomic E-state index is 14.9. The van der Waals surface area contributed by atoms with Gasteiger partial charge in [0.05, 0.1) is 18.7 Å². The van der Waals surface area contributed by atoms with Gasteiger partial charge in [-0.3, -0.25) is 14.1 Å². The van der Waals surface area contributed by atoms with E-state index >= 15 is 0 Å². The lowest BCUT2D eigenvalue weighted by molar-refractivity contribution is 0.0364. The van der Waals surface area contributed by atoms with Crippen LogP contribution in [0.2, 0.25) is 0 Å². The van der Waals surface area contributed by atoms with Crippen molar-refractivity contribution in [1.29, 1.82) is 0 Å². The van der Waals surface area contributed by atoms with Crippen molar-refractivity contribution in [2.45, 2.75) is 25.5 Å². The van der Waals surface area contributed by atoms with E-state index in [2.05, 4.69) is 20.0 Å². The van der Waals surface area contributed by atoms with Crippen molar-refractivity contribution in [3.63, 3.8) is 0 Å². The fraction of sp³-hybridized carbons (Fsp3) is 0.455. The molecule has 1 atom stereocenters. The van der Waals surface area contributed by atoms with Gasteiger partial charge >= 0.3 is 0 Å². The van der Waals surface area contributed by atoms with E-state index in [0.29, 0.717) is 50.0 Å². The number of rotatable bonds is 5. The quantitative estimate of drug-likeness (QED) is 0.452. The highest BCUT2D eigenvalue weighted by Crippen LogP contribution is 2.29. The Morgan fingerprint density at radius 2 is 2.00 bits per heavy atom. The third-order valence-corrected chi connectivity index (χ3v) is 6.31. The first-order valence-corrected chi connectivity index (χ1v) is 11.1. The Hall–Kier alpha value is -3.15. The highest BCUT2D eigenvalue weighted by molar-refractivity contribution is 5.84. The van der Waals surface area contributed by atoms with Gasteiger partial charge in [-0.15, -0.1) is 0 Å². The number of hydrogen-bond donors (Lipinski definition) is 0. The summed E-state index contributed by atoms with van der Waals surface area (Å²) < 4.78 is 34.5. The summed E-state index contributed by atoms with van der Waals surface area (Å²) in [5.41, 5.74) is 1.04. The minimum atomic E-state index is -0.455. The number of nitrogens with zero attached hydrogens (tertiary/aromatic N) is 6. The van der Waals surface area contributed by atoms with Gasteiger partial charge in [0.2, 0.25) is 5.82 Å². The molecule has 2 saturated heterocycles. The Morgan fingerprint density at radius 3 is 2.82 bits per heavy atom. The molecule has 1 unspecified atom stereocenters. The van der Waals surface area contributed by atoms with Crippen LogP contribution in [0.5, 0.6) is 0 Å². The van der Waals surface area contributed by atoms with Gasteiger partial charge in [0.15, 0.2) is 0 Å². The predicted octanol–water partition coefficient (Wildman–Crippen LogP) is 2.02. The molecular formula is C22H23FN6O4. The van der Waals surface area contributed by atoms with Crippen LogP contribution in [0.25, 0.3) is 28.1 Å². The summed E-state index contributed by atoms with van der Waals surface area (Å²) in [7, 11) is 0. The second-order valence-electron chi connectivity index (χ2n) is 8.29. The van der Waals surface area contributed by atoms with Crippen LogP contribution in [-0.2, 0) is 16.0 Å². The van der Waals surface area contributed by atoms with E-state index in [-0.39, 0.29) is 28.5 Å². The molecule has 3 aromatic heterocycles. The van der Waals surface area contributed by atoms with Crippen molar-refractivity contribution in [3.8, 4) is 11.5 Å². The Balaban J connectivity index is 1.47. The number of para-hydroxylation sites is 1. The number of halogens is 1. The zero-order valence-electron chi connectivity index (χ0n) is 17.9. The lowest BCUT2D eigenvalue weighted by Gasteiger charge is -2.27. The molecular weight excluding hydrogens is 431 g/mol. The van der Waals surface area contributed by atoms with Crippen LogP contribution in [0.3, 0.4) is 0 Å². The molecule has 5 heterocycles. The smallest absolute Gasteiger partial charge is 0.277 e. The molecule has 0 amide bonds. The minimum Gasteiger partial charge on any atom is -0.379 e. The Morgan fingerprint density at radius 1 is 1.12 bits per heavy atom. The Labute approximate surface area is 187 Å². The fourth-order valence-corrected chi connectivity index (χ4v) is 4.61. The number of benzene rings is 1. The average Bonchev–Trinajstić information content (AvgIpc) is 3.60. The Kier molecular flexibility index (Phi) is 5.16. The van der Waals surface area contributed by atoms with Gasteiger partial charge in [-0.05, 0) is 25.0 Å². The molecule has 4 aromatic rings. The van der Waals surface area contributed by atoms with Crippen LogP contribution in [-0.4, -0.2) is 68.4 Å². The maximum absolute atomic E-state index is 14.9. The summed E-state index contributed by atoms with van der Waals surface area (Å²) in [6, 6.07) is 4.76. The monoisotopic (exact) mass is 454 g/mol. The molecule has 172 valence electrons. The molecule has 0 saturated carbocycles. The third kappa shape index (κ3) is 3.52. The van der Waals surface area contributed by atoms with E-state index in [0.717, 1.165) is 25.9 Å². The highest BCUT2D eigenvalue weighted by atomic mass is 19.1. The molecule has 2 aliphatic heterocycles. The van der Waals surface area contributed by atoms with Crippen molar-refractivity contribution in [3.05, 3.63) is 46.6 Å². The SMILES string of the molecule is O=c1c2c(-c3noc(C4CCCO4)n3)ncn2c2cccc(F)c2n1CCN1CCOCC1. The molecule has 6 rings (SSSR count). The molecule has 11 heteroatoms. The molecule has 2 aliphatic rings. The largest absolute Gasteiger partial charge is 0.379 e. The zero-order chi connectivity index (χ0) is 22.4. The van der Waals surface area contributed by atoms with Crippen LogP contribution in [0, 0.1) is 5.82 Å². The van der Waals surface area contributed by atoms with Crippen molar-refractivity contribution in [2.24, 2.45) is 0 Å². The standard InChI is InChI=1S/C22H23FN6O4/c23-14-3-1-4-15-18(14)28(7-6-27-8-11-31-12-9-27)22(30)19-17(24-13-29(15)19)20-25-21(33-26-20)16-5-2-10-32-16/h1,3-4,13,16H,2,5-12H2. The van der Waals surface area contributed by atoms with Crippen molar-refractivity contribution in [1.82, 2.24) is 29.0 Å². The zero-order valence-corrected chi connectivity index (χ0v) is 17.9. The van der Waals surface area contributed by atoms with Gasteiger partial charge in [-0.25, -0.2) is 9.37 Å². The van der Waals surface area contributed by atoms with Crippen LogP contribution in [0.1, 0.15) is 24.8 Å². The van der Waals surface area contributed by atoms with Crippen molar-refractivity contribution >= 4 is 16.6 Å².